The third kappa shape index (κ3) is 7.81. The summed E-state index contributed by atoms with van der Waals surface area (Å²) in [6.07, 6.45) is 4.01. The summed E-state index contributed by atoms with van der Waals surface area (Å²) in [5, 5.41) is 3.56. The molecule has 0 unspecified atom stereocenters. The predicted molar refractivity (Wildman–Crippen MR) is 173 cm³/mol. The van der Waals surface area contributed by atoms with Crippen LogP contribution in [0.25, 0.3) is 16.9 Å². The summed E-state index contributed by atoms with van der Waals surface area (Å²) in [5.74, 6) is 2.41. The van der Waals surface area contributed by atoms with Gasteiger partial charge in [-0.15, -0.1) is 6.58 Å². The third-order valence-corrected chi connectivity index (χ3v) is 6.98. The van der Waals surface area contributed by atoms with Crippen LogP contribution in [0.4, 0.5) is 16.4 Å². The van der Waals surface area contributed by atoms with E-state index in [1.807, 2.05) is 51.1 Å². The first-order chi connectivity index (χ1) is 21.5. The Kier molecular flexibility index (Phi) is 9.40. The summed E-state index contributed by atoms with van der Waals surface area (Å²) in [4.78, 5) is 41.4. The molecule has 1 amide bonds. The Morgan fingerprint density at radius 2 is 1.84 bits per heavy atom. The Hall–Kier alpha value is -4.87. The molecule has 0 atom stereocenters. The van der Waals surface area contributed by atoms with Gasteiger partial charge in [0.15, 0.2) is 11.5 Å². The molecule has 1 N–H and O–H groups in total. The molecule has 1 aliphatic heterocycles. The number of anilines is 2. The van der Waals surface area contributed by atoms with Gasteiger partial charge in [-0.2, -0.15) is 9.97 Å². The fraction of sp³-hybridized carbons (Fsp3) is 0.424. The smallest absolute Gasteiger partial charge is 0.410 e. The van der Waals surface area contributed by atoms with E-state index in [2.05, 4.69) is 30.7 Å². The molecule has 5 rings (SSSR count). The molecular formula is C33H41N7O5. The molecule has 0 bridgehead atoms. The highest BCUT2D eigenvalue weighted by Gasteiger charge is 2.28. The van der Waals surface area contributed by atoms with Gasteiger partial charge in [-0.3, -0.25) is 4.79 Å². The zero-order chi connectivity index (χ0) is 32.1. The Morgan fingerprint density at radius 1 is 1.11 bits per heavy atom. The number of hydrogen-bond acceptors (Lipinski definition) is 9. The normalized spacial score (nSPS) is 14.0. The fourth-order valence-electron chi connectivity index (χ4n) is 4.88. The maximum absolute atomic E-state index is 13.4. The summed E-state index contributed by atoms with van der Waals surface area (Å²) in [6.45, 7) is 15.5. The minimum absolute atomic E-state index is 0.122. The van der Waals surface area contributed by atoms with Crippen LogP contribution in [0, 0.1) is 5.92 Å². The molecule has 1 fully saturated rings. The first-order valence-corrected chi connectivity index (χ1v) is 15.2. The van der Waals surface area contributed by atoms with E-state index in [0.717, 1.165) is 11.4 Å². The second-order valence-electron chi connectivity index (χ2n) is 12.4. The van der Waals surface area contributed by atoms with E-state index in [4.69, 9.17) is 24.2 Å². The number of carbonyl (C=O) groups excluding carboxylic acids is 1. The van der Waals surface area contributed by atoms with Gasteiger partial charge in [-0.05, 0) is 57.0 Å². The molecular weight excluding hydrogens is 574 g/mol. The van der Waals surface area contributed by atoms with Crippen molar-refractivity contribution in [1.29, 1.82) is 0 Å². The number of likely N-dealkylation sites (tertiary alicyclic amines) is 1. The lowest BCUT2D eigenvalue weighted by molar-refractivity contribution is 0.0123. The molecule has 3 aromatic heterocycles. The van der Waals surface area contributed by atoms with Crippen LogP contribution in [0.3, 0.4) is 0 Å². The number of rotatable bonds is 10. The van der Waals surface area contributed by atoms with E-state index in [0.29, 0.717) is 67.1 Å². The highest BCUT2D eigenvalue weighted by Crippen LogP contribution is 2.24. The van der Waals surface area contributed by atoms with Crippen molar-refractivity contribution < 1.29 is 19.0 Å². The number of nitrogens with one attached hydrogen (secondary N) is 1. The number of pyridine rings is 1. The number of amides is 1. The molecule has 4 aromatic rings. The lowest BCUT2D eigenvalue weighted by Gasteiger charge is -2.33. The number of fused-ring (bicyclic) bond motifs is 1. The monoisotopic (exact) mass is 615 g/mol. The van der Waals surface area contributed by atoms with Gasteiger partial charge in [-0.1, -0.05) is 26.0 Å². The van der Waals surface area contributed by atoms with E-state index in [1.165, 1.54) is 10.9 Å². The molecule has 0 aliphatic carbocycles. The molecule has 12 heteroatoms. The van der Waals surface area contributed by atoms with E-state index in [-0.39, 0.29) is 24.3 Å². The largest absolute Gasteiger partial charge is 0.493 e. The molecule has 0 saturated carbocycles. The third-order valence-electron chi connectivity index (χ3n) is 6.98. The molecule has 1 saturated heterocycles. The summed E-state index contributed by atoms with van der Waals surface area (Å²) >= 11 is 0. The Labute approximate surface area is 262 Å². The van der Waals surface area contributed by atoms with Crippen LogP contribution in [0.15, 0.2) is 66.1 Å². The van der Waals surface area contributed by atoms with Crippen molar-refractivity contribution in [1.82, 2.24) is 29.2 Å². The number of carbonyl (C=O) groups is 1. The molecule has 238 valence electrons. The first kappa shape index (κ1) is 31.6. The zero-order valence-electron chi connectivity index (χ0n) is 26.5. The molecule has 0 radical (unpaired) electrons. The van der Waals surface area contributed by atoms with Crippen LogP contribution in [0.1, 0.15) is 47.5 Å². The van der Waals surface area contributed by atoms with Crippen LogP contribution in [0.2, 0.25) is 0 Å². The van der Waals surface area contributed by atoms with Gasteiger partial charge in [-0.25, -0.2) is 19.1 Å². The quantitative estimate of drug-likeness (QED) is 0.223. The van der Waals surface area contributed by atoms with Gasteiger partial charge < -0.3 is 24.4 Å². The Balaban J connectivity index is 1.36. The second kappa shape index (κ2) is 13.4. The minimum atomic E-state index is -0.542. The lowest BCUT2D eigenvalue weighted by Crippen LogP contribution is -2.44. The van der Waals surface area contributed by atoms with Crippen molar-refractivity contribution in [3.05, 3.63) is 71.7 Å². The first-order valence-electron chi connectivity index (χ1n) is 15.2. The van der Waals surface area contributed by atoms with Crippen molar-refractivity contribution in [2.75, 3.05) is 25.0 Å². The van der Waals surface area contributed by atoms with Gasteiger partial charge >= 0.3 is 6.09 Å². The number of nitrogens with zero attached hydrogens (tertiary/aromatic N) is 6. The molecule has 12 nitrogen and oxygen atoms in total. The van der Waals surface area contributed by atoms with Crippen LogP contribution < -0.4 is 20.3 Å². The maximum Gasteiger partial charge on any atom is 0.410 e. The molecule has 4 heterocycles. The van der Waals surface area contributed by atoms with Crippen LogP contribution in [-0.2, 0) is 11.3 Å². The topological polar surface area (TPSA) is 126 Å². The Bertz CT molecular complexity index is 1700. The van der Waals surface area contributed by atoms with Gasteiger partial charge in [0.1, 0.15) is 22.8 Å². The molecule has 0 spiro atoms. The summed E-state index contributed by atoms with van der Waals surface area (Å²) in [7, 11) is 0. The highest BCUT2D eigenvalue weighted by molar-refractivity contribution is 5.77. The summed E-state index contributed by atoms with van der Waals surface area (Å²) < 4.78 is 20.7. The van der Waals surface area contributed by atoms with Gasteiger partial charge in [0, 0.05) is 43.9 Å². The lowest BCUT2D eigenvalue weighted by atomic mass is 10.1. The zero-order valence-corrected chi connectivity index (χ0v) is 26.5. The number of allylic oxidation sites excluding steroid dienone is 1. The number of ether oxygens (including phenoxy) is 3. The van der Waals surface area contributed by atoms with E-state index >= 15 is 0 Å². The minimum Gasteiger partial charge on any atom is -0.493 e. The average Bonchev–Trinajstić information content (AvgIpc) is 3.27. The van der Waals surface area contributed by atoms with Crippen LogP contribution >= 0.6 is 0 Å². The number of piperidine rings is 1. The van der Waals surface area contributed by atoms with E-state index < -0.39 is 5.60 Å². The van der Waals surface area contributed by atoms with Crippen molar-refractivity contribution in [2.45, 2.75) is 65.7 Å². The van der Waals surface area contributed by atoms with Gasteiger partial charge in [0.05, 0.1) is 13.2 Å². The maximum atomic E-state index is 13.4. The fourth-order valence-corrected chi connectivity index (χ4v) is 4.88. The summed E-state index contributed by atoms with van der Waals surface area (Å²) in [5.41, 5.74) is 0.369. The van der Waals surface area contributed by atoms with Gasteiger partial charge in [0.25, 0.3) is 5.56 Å². The number of benzene rings is 1. The van der Waals surface area contributed by atoms with Crippen molar-refractivity contribution in [3.63, 3.8) is 0 Å². The van der Waals surface area contributed by atoms with Crippen molar-refractivity contribution >= 4 is 28.8 Å². The van der Waals surface area contributed by atoms with Gasteiger partial charge in [0.2, 0.25) is 11.8 Å². The average molecular weight is 616 g/mol. The van der Waals surface area contributed by atoms with Crippen molar-refractivity contribution in [3.8, 4) is 17.4 Å². The van der Waals surface area contributed by atoms with E-state index in [9.17, 15) is 9.59 Å². The molecule has 1 aliphatic rings. The SMILES string of the molecule is C=CCn1c(=O)c2cnc(Nc3ccc(OCC(C)C)cc3)nc2n1-c1cccc(OC2CCN(C(=O)OC(C)(C)C)CC2)n1. The second-order valence-corrected chi connectivity index (χ2v) is 12.4. The number of aromatic nitrogens is 5. The Morgan fingerprint density at radius 3 is 2.51 bits per heavy atom. The highest BCUT2D eigenvalue weighted by atomic mass is 16.6. The molecule has 1 aromatic carbocycles. The standard InChI is InChI=1S/C33H41N7O5/c1-7-17-39-30(41)26-20-34-31(35-23-11-13-24(14-12-23)43-21-22(2)3)37-29(26)40(39)27-9-8-10-28(36-27)44-25-15-18-38(19-16-25)32(42)45-33(4,5)6/h7-14,20,22,25H,1,15-19,21H2,2-6H3,(H,34,35,37). The van der Waals surface area contributed by atoms with Crippen molar-refractivity contribution in [2.24, 2.45) is 5.92 Å². The van der Waals surface area contributed by atoms with E-state index in [1.54, 1.807) is 27.8 Å². The van der Waals surface area contributed by atoms with Crippen LogP contribution in [-0.4, -0.2) is 66.7 Å². The predicted octanol–water partition coefficient (Wildman–Crippen LogP) is 5.72. The summed E-state index contributed by atoms with van der Waals surface area (Å²) in [6, 6.07) is 12.9. The van der Waals surface area contributed by atoms with Crippen LogP contribution in [0.5, 0.6) is 11.6 Å². The molecule has 45 heavy (non-hydrogen) atoms. The number of hydrogen-bond donors (Lipinski definition) is 1.